The Bertz CT molecular complexity index is 1530. The average Bonchev–Trinajstić information content (AvgIpc) is 3.20. The number of benzene rings is 3. The molecule has 3 heterocycles. The van der Waals surface area contributed by atoms with E-state index in [2.05, 4.69) is 5.32 Å². The molecule has 1 atom stereocenters. The Labute approximate surface area is 229 Å². The van der Waals surface area contributed by atoms with Crippen LogP contribution in [0.4, 0.5) is 24.5 Å². The molecular formula is C30H29F3N4O3. The van der Waals surface area contributed by atoms with Gasteiger partial charge in [-0.15, -0.1) is 0 Å². The number of imide groups is 1. The third-order valence-corrected chi connectivity index (χ3v) is 8.21. The Balaban J connectivity index is 1.22. The summed E-state index contributed by atoms with van der Waals surface area (Å²) in [5.74, 6) is -4.10. The smallest absolute Gasteiger partial charge is 0.259 e. The number of anilines is 2. The number of hydrogen-bond donors (Lipinski definition) is 1. The largest absolute Gasteiger partial charge is 0.370 e. The molecule has 10 heteroatoms. The molecule has 1 N–H and O–H groups in total. The lowest BCUT2D eigenvalue weighted by atomic mass is 9.99. The van der Waals surface area contributed by atoms with Crippen molar-refractivity contribution < 1.29 is 27.6 Å². The molecule has 3 aliphatic rings. The number of hydrogen-bond acceptors (Lipinski definition) is 5. The Morgan fingerprint density at radius 1 is 1.02 bits per heavy atom. The molecular weight excluding hydrogens is 521 g/mol. The van der Waals surface area contributed by atoms with Crippen LogP contribution in [0.25, 0.3) is 10.8 Å². The maximum atomic E-state index is 15.0. The summed E-state index contributed by atoms with van der Waals surface area (Å²) < 4.78 is 42.0. The molecule has 40 heavy (non-hydrogen) atoms. The molecule has 0 bridgehead atoms. The second kappa shape index (κ2) is 9.92. The van der Waals surface area contributed by atoms with E-state index in [-0.39, 0.29) is 56.4 Å². The first kappa shape index (κ1) is 26.3. The predicted octanol–water partition coefficient (Wildman–Crippen LogP) is 4.61. The van der Waals surface area contributed by atoms with E-state index in [1.165, 1.54) is 11.0 Å². The van der Waals surface area contributed by atoms with Gasteiger partial charge in [-0.3, -0.25) is 29.5 Å². The van der Waals surface area contributed by atoms with E-state index < -0.39 is 17.9 Å². The number of halogens is 3. The summed E-state index contributed by atoms with van der Waals surface area (Å²) in [6.07, 6.45) is 0.0234. The van der Waals surface area contributed by atoms with Crippen LogP contribution in [0.2, 0.25) is 0 Å². The van der Waals surface area contributed by atoms with Crippen molar-refractivity contribution in [1.29, 1.82) is 0 Å². The Morgan fingerprint density at radius 2 is 1.77 bits per heavy atom. The fourth-order valence-electron chi connectivity index (χ4n) is 5.97. The maximum Gasteiger partial charge on any atom is 0.259 e. The monoisotopic (exact) mass is 550 g/mol. The molecule has 1 unspecified atom stereocenters. The summed E-state index contributed by atoms with van der Waals surface area (Å²) in [5, 5.41) is 3.96. The number of rotatable bonds is 6. The molecule has 6 rings (SSSR count). The lowest BCUT2D eigenvalue weighted by Crippen LogP contribution is -2.53. The second-order valence-electron chi connectivity index (χ2n) is 10.9. The van der Waals surface area contributed by atoms with Crippen LogP contribution in [0, 0.1) is 5.82 Å². The normalized spacial score (nSPS) is 20.8. The van der Waals surface area contributed by atoms with Gasteiger partial charge in [0, 0.05) is 74.7 Å². The van der Waals surface area contributed by atoms with Crippen molar-refractivity contribution >= 4 is 39.9 Å². The first-order valence-electron chi connectivity index (χ1n) is 13.4. The van der Waals surface area contributed by atoms with E-state index in [0.29, 0.717) is 35.6 Å². The molecule has 3 aromatic carbocycles. The van der Waals surface area contributed by atoms with Crippen LogP contribution in [0.3, 0.4) is 0 Å². The van der Waals surface area contributed by atoms with Gasteiger partial charge in [0.1, 0.15) is 11.9 Å². The number of carbonyl (C=O) groups excluding carboxylic acids is 3. The molecule has 7 nitrogen and oxygen atoms in total. The van der Waals surface area contributed by atoms with Crippen LogP contribution in [0.15, 0.2) is 48.5 Å². The predicted molar refractivity (Wildman–Crippen MR) is 145 cm³/mol. The highest BCUT2D eigenvalue weighted by Gasteiger charge is 2.41. The first-order valence-corrected chi connectivity index (χ1v) is 13.4. The number of nitrogens with one attached hydrogen (secondary N) is 1. The first-order chi connectivity index (χ1) is 19.1. The van der Waals surface area contributed by atoms with Gasteiger partial charge in [0.05, 0.1) is 5.69 Å². The highest BCUT2D eigenvalue weighted by atomic mass is 19.3. The van der Waals surface area contributed by atoms with Gasteiger partial charge < -0.3 is 4.90 Å². The minimum absolute atomic E-state index is 0.172. The number of carbonyl (C=O) groups is 3. The van der Waals surface area contributed by atoms with Gasteiger partial charge in [0.15, 0.2) is 0 Å². The summed E-state index contributed by atoms with van der Waals surface area (Å²) in [6.45, 7) is 1.20. The summed E-state index contributed by atoms with van der Waals surface area (Å²) in [5.41, 5.74) is 3.21. The zero-order chi connectivity index (χ0) is 28.2. The van der Waals surface area contributed by atoms with Crippen LogP contribution >= 0.6 is 0 Å². The number of nitrogens with zero attached hydrogens (tertiary/aromatic N) is 3. The molecule has 0 spiro atoms. The van der Waals surface area contributed by atoms with Gasteiger partial charge in [-0.2, -0.15) is 0 Å². The lowest BCUT2D eigenvalue weighted by Gasteiger charge is -2.31. The molecule has 3 aliphatic heterocycles. The van der Waals surface area contributed by atoms with Crippen molar-refractivity contribution in [3.63, 3.8) is 0 Å². The van der Waals surface area contributed by atoms with E-state index in [0.717, 1.165) is 16.3 Å². The summed E-state index contributed by atoms with van der Waals surface area (Å²) >= 11 is 0. The number of piperidine rings is 2. The van der Waals surface area contributed by atoms with Crippen LogP contribution < -0.4 is 15.1 Å². The lowest BCUT2D eigenvalue weighted by molar-refractivity contribution is -0.134. The van der Waals surface area contributed by atoms with Crippen LogP contribution in [0.1, 0.15) is 47.2 Å². The third kappa shape index (κ3) is 4.70. The quantitative estimate of drug-likeness (QED) is 0.454. The Kier molecular flexibility index (Phi) is 6.53. The van der Waals surface area contributed by atoms with Gasteiger partial charge in [-0.05, 0) is 41.6 Å². The SMILES string of the molecule is CN(Cc1ccc2c3c(cccc13)C(=O)N2C1CCC(=O)NC1=O)c1ccc(CN2CCC(F)(F)CC2)c(F)c1. The molecule has 2 saturated heterocycles. The molecule has 2 fully saturated rings. The zero-order valence-electron chi connectivity index (χ0n) is 22.1. The average molecular weight is 551 g/mol. The van der Waals surface area contributed by atoms with E-state index >= 15 is 4.39 Å². The highest BCUT2D eigenvalue weighted by molar-refractivity contribution is 6.27. The van der Waals surface area contributed by atoms with Crippen molar-refractivity contribution in [3.8, 4) is 0 Å². The summed E-state index contributed by atoms with van der Waals surface area (Å²) in [6, 6.07) is 13.5. The Hall–Kier alpha value is -3.92. The maximum absolute atomic E-state index is 15.0. The van der Waals surface area contributed by atoms with Crippen molar-refractivity contribution in [3.05, 3.63) is 71.0 Å². The van der Waals surface area contributed by atoms with E-state index in [1.807, 2.05) is 47.2 Å². The van der Waals surface area contributed by atoms with Crippen LogP contribution in [-0.2, 0) is 22.7 Å². The fraction of sp³-hybridized carbons (Fsp3) is 0.367. The van der Waals surface area contributed by atoms with Gasteiger partial charge in [-0.1, -0.05) is 24.3 Å². The van der Waals surface area contributed by atoms with Gasteiger partial charge in [0.25, 0.3) is 11.8 Å². The number of amides is 3. The van der Waals surface area contributed by atoms with Gasteiger partial charge >= 0.3 is 0 Å². The number of alkyl halides is 2. The van der Waals surface area contributed by atoms with E-state index in [1.54, 1.807) is 12.1 Å². The molecule has 208 valence electrons. The highest BCUT2D eigenvalue weighted by Crippen LogP contribution is 2.41. The molecule has 0 aromatic heterocycles. The minimum atomic E-state index is -2.64. The third-order valence-electron chi connectivity index (χ3n) is 8.21. The molecule has 3 amide bonds. The summed E-state index contributed by atoms with van der Waals surface area (Å²) in [4.78, 5) is 42.8. The summed E-state index contributed by atoms with van der Waals surface area (Å²) in [7, 11) is 1.85. The number of likely N-dealkylation sites (tertiary alicyclic amines) is 1. The van der Waals surface area contributed by atoms with Crippen molar-refractivity contribution in [2.24, 2.45) is 0 Å². The molecule has 0 saturated carbocycles. The van der Waals surface area contributed by atoms with Crippen LogP contribution in [0.5, 0.6) is 0 Å². The van der Waals surface area contributed by atoms with Crippen molar-refractivity contribution in [2.45, 2.75) is 50.7 Å². The van der Waals surface area contributed by atoms with E-state index in [9.17, 15) is 23.2 Å². The minimum Gasteiger partial charge on any atom is -0.370 e. The Morgan fingerprint density at radius 3 is 2.50 bits per heavy atom. The second-order valence-corrected chi connectivity index (χ2v) is 10.9. The van der Waals surface area contributed by atoms with Crippen molar-refractivity contribution in [2.75, 3.05) is 29.9 Å². The topological polar surface area (TPSA) is 73.0 Å². The van der Waals surface area contributed by atoms with Gasteiger partial charge in [0.2, 0.25) is 11.8 Å². The molecule has 3 aromatic rings. The molecule has 0 radical (unpaired) electrons. The van der Waals surface area contributed by atoms with Crippen LogP contribution in [-0.4, -0.2) is 54.7 Å². The fourth-order valence-corrected chi connectivity index (χ4v) is 5.97. The van der Waals surface area contributed by atoms with Gasteiger partial charge in [-0.25, -0.2) is 13.2 Å². The molecule has 0 aliphatic carbocycles. The standard InChI is InChI=1S/C30H29F3N4O3/c1-35(20-7-5-19(23(31)15-20)17-36-13-11-30(32,33)12-14-36)16-18-6-8-24-27-21(18)3-2-4-22(27)29(40)37(24)25-9-10-26(38)34-28(25)39/h2-8,15,25H,9-14,16-17H2,1H3,(H,34,38,39). The van der Waals surface area contributed by atoms with Crippen molar-refractivity contribution in [1.82, 2.24) is 10.2 Å². The zero-order valence-corrected chi connectivity index (χ0v) is 22.1. The van der Waals surface area contributed by atoms with E-state index in [4.69, 9.17) is 0 Å².